The molecule has 2 amide bonds. The van der Waals surface area contributed by atoms with Crippen LogP contribution in [0.1, 0.15) is 36.0 Å². The van der Waals surface area contributed by atoms with Crippen LogP contribution < -0.4 is 5.32 Å². The van der Waals surface area contributed by atoms with Crippen LogP contribution in [-0.4, -0.2) is 30.3 Å². The third kappa shape index (κ3) is 3.09. The lowest BCUT2D eigenvalue weighted by atomic mass is 10.1. The molecule has 0 bridgehead atoms. The van der Waals surface area contributed by atoms with Gasteiger partial charge in [0.15, 0.2) is 0 Å². The molecule has 0 spiro atoms. The maximum atomic E-state index is 12.3. The molecule has 0 atom stereocenters. The Bertz CT molecular complexity index is 424. The first kappa shape index (κ1) is 12.6. The Hall–Kier alpha value is -1.84. The number of benzene rings is 1. The number of carbonyl (C=O) groups is 2. The topological polar surface area (TPSA) is 49.4 Å². The number of nitrogens with one attached hydrogen (secondary N) is 1. The normalized spacial score (nSPS) is 15.9. The molecule has 4 nitrogen and oxygen atoms in total. The third-order valence-electron chi connectivity index (χ3n) is 3.23. The van der Waals surface area contributed by atoms with Crippen molar-refractivity contribution in [1.29, 1.82) is 0 Å². The molecule has 0 aromatic heterocycles. The Morgan fingerprint density at radius 3 is 2.56 bits per heavy atom. The molecule has 1 aromatic rings. The van der Waals surface area contributed by atoms with Gasteiger partial charge in [-0.3, -0.25) is 9.59 Å². The Morgan fingerprint density at radius 2 is 1.89 bits per heavy atom. The van der Waals surface area contributed by atoms with Gasteiger partial charge in [0.1, 0.15) is 0 Å². The molecule has 1 fully saturated rings. The molecular weight excluding hydrogens is 228 g/mol. The van der Waals surface area contributed by atoms with E-state index < -0.39 is 0 Å². The Labute approximate surface area is 107 Å². The molecule has 0 saturated carbocycles. The van der Waals surface area contributed by atoms with Crippen LogP contribution in [0.2, 0.25) is 0 Å². The highest BCUT2D eigenvalue weighted by Crippen LogP contribution is 2.16. The second kappa shape index (κ2) is 6.19. The molecular formula is C14H18N2O2. The van der Waals surface area contributed by atoms with E-state index in [1.54, 1.807) is 24.3 Å². The first-order valence-corrected chi connectivity index (χ1v) is 6.41. The van der Waals surface area contributed by atoms with Crippen LogP contribution in [0.25, 0.3) is 0 Å². The van der Waals surface area contributed by atoms with E-state index in [0.717, 1.165) is 25.9 Å². The fourth-order valence-electron chi connectivity index (χ4n) is 2.27. The van der Waals surface area contributed by atoms with Gasteiger partial charge in [0.2, 0.25) is 6.41 Å². The van der Waals surface area contributed by atoms with E-state index in [4.69, 9.17) is 0 Å². The lowest BCUT2D eigenvalue weighted by Gasteiger charge is -2.20. The van der Waals surface area contributed by atoms with Crippen LogP contribution in [-0.2, 0) is 4.79 Å². The van der Waals surface area contributed by atoms with Crippen molar-refractivity contribution in [2.75, 3.05) is 18.4 Å². The zero-order chi connectivity index (χ0) is 12.8. The molecule has 18 heavy (non-hydrogen) atoms. The van der Waals surface area contributed by atoms with Crippen LogP contribution in [0, 0.1) is 0 Å². The summed E-state index contributed by atoms with van der Waals surface area (Å²) in [4.78, 5) is 24.6. The van der Waals surface area contributed by atoms with E-state index in [0.29, 0.717) is 17.7 Å². The lowest BCUT2D eigenvalue weighted by molar-refractivity contribution is -0.105. The average Bonchev–Trinajstić information content (AvgIpc) is 2.67. The summed E-state index contributed by atoms with van der Waals surface area (Å²) in [6.45, 7) is 1.67. The number of hydrogen-bond acceptors (Lipinski definition) is 2. The average molecular weight is 246 g/mol. The number of nitrogens with zero attached hydrogens (tertiary/aromatic N) is 1. The van der Waals surface area contributed by atoms with Crippen molar-refractivity contribution in [2.24, 2.45) is 0 Å². The van der Waals surface area contributed by atoms with Crippen molar-refractivity contribution in [3.63, 3.8) is 0 Å². The first-order valence-electron chi connectivity index (χ1n) is 6.41. The fourth-order valence-corrected chi connectivity index (χ4v) is 2.27. The number of likely N-dealkylation sites (tertiary alicyclic amines) is 1. The summed E-state index contributed by atoms with van der Waals surface area (Å²) in [5.74, 6) is 0.0615. The maximum Gasteiger partial charge on any atom is 0.253 e. The molecule has 1 aliphatic rings. The van der Waals surface area contributed by atoms with Crippen molar-refractivity contribution in [1.82, 2.24) is 4.90 Å². The summed E-state index contributed by atoms with van der Waals surface area (Å²) in [6.07, 6.45) is 5.19. The summed E-state index contributed by atoms with van der Waals surface area (Å²) < 4.78 is 0. The minimum atomic E-state index is 0.0615. The molecule has 0 radical (unpaired) electrons. The molecule has 1 saturated heterocycles. The van der Waals surface area contributed by atoms with Crippen LogP contribution in [0.4, 0.5) is 5.69 Å². The van der Waals surface area contributed by atoms with Gasteiger partial charge in [-0.1, -0.05) is 18.9 Å². The first-order chi connectivity index (χ1) is 8.81. The van der Waals surface area contributed by atoms with Crippen LogP contribution >= 0.6 is 0 Å². The predicted octanol–water partition coefficient (Wildman–Crippen LogP) is 2.27. The molecule has 1 heterocycles. The van der Waals surface area contributed by atoms with E-state index >= 15 is 0 Å². The molecule has 1 aliphatic heterocycles. The van der Waals surface area contributed by atoms with Crippen LogP contribution in [0.15, 0.2) is 24.3 Å². The maximum absolute atomic E-state index is 12.3. The number of anilines is 1. The minimum absolute atomic E-state index is 0.0615. The van der Waals surface area contributed by atoms with Gasteiger partial charge in [-0.15, -0.1) is 0 Å². The van der Waals surface area contributed by atoms with Crippen molar-refractivity contribution in [3.05, 3.63) is 29.8 Å². The lowest BCUT2D eigenvalue weighted by Crippen LogP contribution is -2.31. The number of amides is 2. The monoisotopic (exact) mass is 246 g/mol. The molecule has 0 aliphatic carbocycles. The van der Waals surface area contributed by atoms with E-state index in [2.05, 4.69) is 5.32 Å². The van der Waals surface area contributed by atoms with Gasteiger partial charge >= 0.3 is 0 Å². The molecule has 2 rings (SSSR count). The molecule has 96 valence electrons. The van der Waals surface area contributed by atoms with Crippen molar-refractivity contribution < 1.29 is 9.59 Å². The smallest absolute Gasteiger partial charge is 0.253 e. The highest BCUT2D eigenvalue weighted by molar-refractivity contribution is 5.95. The standard InChI is InChI=1S/C14H18N2O2/c17-11-15-13-7-5-6-12(10-13)14(18)16-8-3-1-2-4-9-16/h5-7,10-11H,1-4,8-9H2,(H,15,17). The highest BCUT2D eigenvalue weighted by atomic mass is 16.2. The summed E-state index contributed by atoms with van der Waals surface area (Å²) >= 11 is 0. The summed E-state index contributed by atoms with van der Waals surface area (Å²) in [5, 5.41) is 2.57. The summed E-state index contributed by atoms with van der Waals surface area (Å²) in [5.41, 5.74) is 1.30. The van der Waals surface area contributed by atoms with Crippen LogP contribution in [0.3, 0.4) is 0 Å². The largest absolute Gasteiger partial charge is 0.339 e. The van der Waals surface area contributed by atoms with Gasteiger partial charge in [-0.05, 0) is 31.0 Å². The predicted molar refractivity (Wildman–Crippen MR) is 70.5 cm³/mol. The van der Waals surface area contributed by atoms with Crippen molar-refractivity contribution >= 4 is 18.0 Å². The number of hydrogen-bond donors (Lipinski definition) is 1. The zero-order valence-electron chi connectivity index (χ0n) is 10.4. The van der Waals surface area contributed by atoms with Crippen LogP contribution in [0.5, 0.6) is 0 Å². The molecule has 1 aromatic carbocycles. The van der Waals surface area contributed by atoms with Gasteiger partial charge in [-0.2, -0.15) is 0 Å². The van der Waals surface area contributed by atoms with E-state index in [-0.39, 0.29) is 5.91 Å². The number of carbonyl (C=O) groups excluding carboxylic acids is 2. The van der Waals surface area contributed by atoms with Gasteiger partial charge in [0.25, 0.3) is 5.91 Å². The van der Waals surface area contributed by atoms with E-state index in [1.165, 1.54) is 12.8 Å². The van der Waals surface area contributed by atoms with Gasteiger partial charge in [0.05, 0.1) is 0 Å². The quantitative estimate of drug-likeness (QED) is 0.832. The van der Waals surface area contributed by atoms with E-state index in [9.17, 15) is 9.59 Å². The van der Waals surface area contributed by atoms with Gasteiger partial charge in [-0.25, -0.2) is 0 Å². The fraction of sp³-hybridized carbons (Fsp3) is 0.429. The Morgan fingerprint density at radius 1 is 1.17 bits per heavy atom. The summed E-state index contributed by atoms with van der Waals surface area (Å²) in [6, 6.07) is 7.08. The highest BCUT2D eigenvalue weighted by Gasteiger charge is 2.17. The Balaban J connectivity index is 2.11. The van der Waals surface area contributed by atoms with Crippen molar-refractivity contribution in [3.8, 4) is 0 Å². The SMILES string of the molecule is O=CNc1cccc(C(=O)N2CCCCCC2)c1. The zero-order valence-corrected chi connectivity index (χ0v) is 10.4. The number of rotatable bonds is 3. The third-order valence-corrected chi connectivity index (χ3v) is 3.23. The molecule has 1 N–H and O–H groups in total. The Kier molecular flexibility index (Phi) is 4.34. The molecule has 0 unspecified atom stereocenters. The van der Waals surface area contributed by atoms with E-state index in [1.807, 2.05) is 4.90 Å². The molecule has 4 heteroatoms. The van der Waals surface area contributed by atoms with Gasteiger partial charge < -0.3 is 10.2 Å². The minimum Gasteiger partial charge on any atom is -0.339 e. The second-order valence-corrected chi connectivity index (χ2v) is 4.55. The summed E-state index contributed by atoms with van der Waals surface area (Å²) in [7, 11) is 0. The van der Waals surface area contributed by atoms with Crippen molar-refractivity contribution in [2.45, 2.75) is 25.7 Å². The second-order valence-electron chi connectivity index (χ2n) is 4.55. The van der Waals surface area contributed by atoms with Gasteiger partial charge in [0, 0.05) is 24.3 Å².